The lowest BCUT2D eigenvalue weighted by Gasteiger charge is -2.08. The number of ether oxygens (including phenoxy) is 1. The molecule has 1 aromatic carbocycles. The van der Waals surface area contributed by atoms with E-state index < -0.39 is 0 Å². The quantitative estimate of drug-likeness (QED) is 0.748. The van der Waals surface area contributed by atoms with Crippen LogP contribution in [0.3, 0.4) is 0 Å². The molecule has 0 spiro atoms. The van der Waals surface area contributed by atoms with Gasteiger partial charge in [-0.1, -0.05) is 17.7 Å². The second-order valence-corrected chi connectivity index (χ2v) is 5.91. The van der Waals surface area contributed by atoms with E-state index in [1.165, 1.54) is 0 Å². The van der Waals surface area contributed by atoms with Crippen molar-refractivity contribution in [3.8, 4) is 5.75 Å². The van der Waals surface area contributed by atoms with Gasteiger partial charge >= 0.3 is 0 Å². The SMILES string of the molecule is Cc1cc(OCC(=O)NCCc2cn3ccccc3n2)ccc1Cl. The maximum Gasteiger partial charge on any atom is 0.257 e. The Morgan fingerprint density at radius 3 is 3.00 bits per heavy atom. The molecule has 0 aliphatic heterocycles. The number of carbonyl (C=O) groups is 1. The highest BCUT2D eigenvalue weighted by atomic mass is 35.5. The minimum atomic E-state index is -0.161. The van der Waals surface area contributed by atoms with E-state index >= 15 is 0 Å². The van der Waals surface area contributed by atoms with Crippen LogP contribution in [0.1, 0.15) is 11.3 Å². The van der Waals surface area contributed by atoms with Crippen molar-refractivity contribution in [1.82, 2.24) is 14.7 Å². The van der Waals surface area contributed by atoms with Crippen LogP contribution in [0, 0.1) is 6.92 Å². The molecule has 0 aliphatic rings. The molecule has 0 radical (unpaired) electrons. The van der Waals surface area contributed by atoms with Crippen molar-refractivity contribution in [1.29, 1.82) is 0 Å². The van der Waals surface area contributed by atoms with Crippen LogP contribution in [0.15, 0.2) is 48.8 Å². The van der Waals surface area contributed by atoms with Gasteiger partial charge in [-0.3, -0.25) is 4.79 Å². The first-order valence-corrected chi connectivity index (χ1v) is 8.08. The fourth-order valence-corrected chi connectivity index (χ4v) is 2.46. The summed E-state index contributed by atoms with van der Waals surface area (Å²) >= 11 is 5.96. The third kappa shape index (κ3) is 4.06. The zero-order valence-corrected chi connectivity index (χ0v) is 14.1. The fraction of sp³-hybridized carbons (Fsp3) is 0.222. The molecule has 124 valence electrons. The van der Waals surface area contributed by atoms with Gasteiger partial charge in [-0.15, -0.1) is 0 Å². The van der Waals surface area contributed by atoms with Crippen molar-refractivity contribution < 1.29 is 9.53 Å². The molecule has 6 heteroatoms. The first-order chi connectivity index (χ1) is 11.6. The van der Waals surface area contributed by atoms with Crippen molar-refractivity contribution >= 4 is 23.2 Å². The predicted octanol–water partition coefficient (Wildman–Crippen LogP) is 3.03. The van der Waals surface area contributed by atoms with Crippen molar-refractivity contribution in [2.75, 3.05) is 13.2 Å². The van der Waals surface area contributed by atoms with E-state index in [1.807, 2.05) is 48.0 Å². The van der Waals surface area contributed by atoms with Gasteiger partial charge in [0.2, 0.25) is 0 Å². The molecule has 0 saturated heterocycles. The van der Waals surface area contributed by atoms with Gasteiger partial charge < -0.3 is 14.5 Å². The Bertz CT molecular complexity index is 827. The molecule has 3 aromatic rings. The predicted molar refractivity (Wildman–Crippen MR) is 93.6 cm³/mol. The first kappa shape index (κ1) is 16.3. The number of benzene rings is 1. The van der Waals surface area contributed by atoms with Gasteiger partial charge in [0.25, 0.3) is 5.91 Å². The van der Waals surface area contributed by atoms with Crippen LogP contribution in [-0.2, 0) is 11.2 Å². The summed E-state index contributed by atoms with van der Waals surface area (Å²) in [6, 6.07) is 11.2. The number of halogens is 1. The summed E-state index contributed by atoms with van der Waals surface area (Å²) in [6.45, 7) is 2.39. The smallest absolute Gasteiger partial charge is 0.257 e. The van der Waals surface area contributed by atoms with Crippen LogP contribution in [0.5, 0.6) is 5.75 Å². The third-order valence-electron chi connectivity index (χ3n) is 3.62. The van der Waals surface area contributed by atoms with Crippen LogP contribution in [0.25, 0.3) is 5.65 Å². The highest BCUT2D eigenvalue weighted by Crippen LogP contribution is 2.20. The molecule has 2 heterocycles. The number of imidazole rings is 1. The normalized spacial score (nSPS) is 10.8. The molecular formula is C18H18ClN3O2. The third-order valence-corrected chi connectivity index (χ3v) is 4.04. The minimum absolute atomic E-state index is 0.0216. The lowest BCUT2D eigenvalue weighted by molar-refractivity contribution is -0.123. The number of carbonyl (C=O) groups excluding carboxylic acids is 1. The van der Waals surface area contributed by atoms with E-state index in [0.717, 1.165) is 16.9 Å². The molecule has 0 bridgehead atoms. The van der Waals surface area contributed by atoms with E-state index in [-0.39, 0.29) is 12.5 Å². The monoisotopic (exact) mass is 343 g/mol. The first-order valence-electron chi connectivity index (χ1n) is 7.70. The summed E-state index contributed by atoms with van der Waals surface area (Å²) in [7, 11) is 0. The lowest BCUT2D eigenvalue weighted by atomic mass is 10.2. The minimum Gasteiger partial charge on any atom is -0.484 e. The molecule has 5 nitrogen and oxygen atoms in total. The maximum absolute atomic E-state index is 11.8. The number of amides is 1. The molecule has 0 unspecified atom stereocenters. The van der Waals surface area contributed by atoms with Gasteiger partial charge in [0, 0.05) is 30.4 Å². The highest BCUT2D eigenvalue weighted by Gasteiger charge is 2.05. The van der Waals surface area contributed by atoms with Crippen LogP contribution >= 0.6 is 11.6 Å². The molecule has 1 amide bonds. The molecular weight excluding hydrogens is 326 g/mol. The molecule has 0 saturated carbocycles. The van der Waals surface area contributed by atoms with E-state index in [1.54, 1.807) is 12.1 Å². The number of rotatable bonds is 6. The van der Waals surface area contributed by atoms with Crippen LogP contribution in [0.2, 0.25) is 5.02 Å². The van der Waals surface area contributed by atoms with E-state index in [4.69, 9.17) is 16.3 Å². The van der Waals surface area contributed by atoms with Crippen molar-refractivity contribution in [2.45, 2.75) is 13.3 Å². The van der Waals surface area contributed by atoms with E-state index in [0.29, 0.717) is 23.7 Å². The molecule has 1 N–H and O–H groups in total. The fourth-order valence-electron chi connectivity index (χ4n) is 2.34. The number of aromatic nitrogens is 2. The zero-order valence-electron chi connectivity index (χ0n) is 13.3. The van der Waals surface area contributed by atoms with Crippen molar-refractivity contribution in [3.05, 3.63) is 65.1 Å². The summed E-state index contributed by atoms with van der Waals surface area (Å²) < 4.78 is 7.43. The Morgan fingerprint density at radius 2 is 2.21 bits per heavy atom. The number of aryl methyl sites for hydroxylation is 1. The van der Waals surface area contributed by atoms with Gasteiger partial charge in [0.1, 0.15) is 11.4 Å². The number of pyridine rings is 1. The van der Waals surface area contributed by atoms with Gasteiger partial charge in [0.05, 0.1) is 5.69 Å². The molecule has 0 fully saturated rings. The molecule has 24 heavy (non-hydrogen) atoms. The Balaban J connectivity index is 1.44. The zero-order chi connectivity index (χ0) is 16.9. The van der Waals surface area contributed by atoms with Crippen LogP contribution < -0.4 is 10.1 Å². The summed E-state index contributed by atoms with van der Waals surface area (Å²) in [4.78, 5) is 16.3. The molecule has 0 atom stereocenters. The number of hydrogen-bond donors (Lipinski definition) is 1. The van der Waals surface area contributed by atoms with Gasteiger partial charge in [-0.05, 0) is 42.8 Å². The summed E-state index contributed by atoms with van der Waals surface area (Å²) in [6.07, 6.45) is 4.59. The van der Waals surface area contributed by atoms with Gasteiger partial charge in [0.15, 0.2) is 6.61 Å². The number of nitrogens with zero attached hydrogens (tertiary/aromatic N) is 2. The van der Waals surface area contributed by atoms with Crippen molar-refractivity contribution in [2.24, 2.45) is 0 Å². The summed E-state index contributed by atoms with van der Waals surface area (Å²) in [5.74, 6) is 0.471. The average molecular weight is 344 g/mol. The molecule has 2 aromatic heterocycles. The van der Waals surface area contributed by atoms with Crippen LogP contribution in [0.4, 0.5) is 0 Å². The van der Waals surface area contributed by atoms with Gasteiger partial charge in [-0.2, -0.15) is 0 Å². The van der Waals surface area contributed by atoms with E-state index in [2.05, 4.69) is 10.3 Å². The topological polar surface area (TPSA) is 55.6 Å². The van der Waals surface area contributed by atoms with E-state index in [9.17, 15) is 4.79 Å². The summed E-state index contributed by atoms with van der Waals surface area (Å²) in [5, 5.41) is 3.51. The number of nitrogens with one attached hydrogen (secondary N) is 1. The second kappa shape index (κ2) is 7.36. The van der Waals surface area contributed by atoms with Crippen molar-refractivity contribution in [3.63, 3.8) is 0 Å². The Kier molecular flexibility index (Phi) is 5.01. The Labute approximate surface area is 145 Å². The second-order valence-electron chi connectivity index (χ2n) is 5.50. The average Bonchev–Trinajstić information content (AvgIpc) is 2.98. The van der Waals surface area contributed by atoms with Gasteiger partial charge in [-0.25, -0.2) is 4.98 Å². The number of hydrogen-bond acceptors (Lipinski definition) is 3. The summed E-state index contributed by atoms with van der Waals surface area (Å²) in [5.41, 5.74) is 2.76. The highest BCUT2D eigenvalue weighted by molar-refractivity contribution is 6.31. The number of fused-ring (bicyclic) bond motifs is 1. The Morgan fingerprint density at radius 1 is 1.33 bits per heavy atom. The lowest BCUT2D eigenvalue weighted by Crippen LogP contribution is -2.30. The largest absolute Gasteiger partial charge is 0.484 e. The molecule has 0 aliphatic carbocycles. The molecule has 3 rings (SSSR count). The van der Waals surface area contributed by atoms with Crippen LogP contribution in [-0.4, -0.2) is 28.4 Å². The standard InChI is InChI=1S/C18H18ClN3O2/c1-13-10-15(5-6-16(13)19)24-12-18(23)20-8-7-14-11-22-9-3-2-4-17(22)21-14/h2-6,9-11H,7-8,12H2,1H3,(H,20,23). The Hall–Kier alpha value is -2.53. The maximum atomic E-state index is 11.8.